The third-order valence-electron chi connectivity index (χ3n) is 3.09. The van der Waals surface area contributed by atoms with Crippen molar-refractivity contribution in [1.82, 2.24) is 4.90 Å². The smallest absolute Gasteiger partial charge is 0.0948 e. The predicted molar refractivity (Wildman–Crippen MR) is 89.9 cm³/mol. The molecule has 0 aliphatic rings. The van der Waals surface area contributed by atoms with Crippen LogP contribution in [0.15, 0.2) is 29.2 Å². The van der Waals surface area contributed by atoms with Crippen LogP contribution in [-0.2, 0) is 0 Å². The quantitative estimate of drug-likeness (QED) is 0.583. The van der Waals surface area contributed by atoms with Gasteiger partial charge < -0.3 is 5.73 Å². The van der Waals surface area contributed by atoms with E-state index in [-0.39, 0.29) is 6.04 Å². The van der Waals surface area contributed by atoms with Gasteiger partial charge in [0.05, 0.1) is 11.0 Å². The molecule has 0 bridgehead atoms. The van der Waals surface area contributed by atoms with Crippen LogP contribution in [-0.4, -0.2) is 29.2 Å². The van der Waals surface area contributed by atoms with Crippen LogP contribution in [0, 0.1) is 0 Å². The molecule has 0 fully saturated rings. The molecule has 0 heterocycles. The fourth-order valence-electron chi connectivity index (χ4n) is 2.29. The molecule has 19 heavy (non-hydrogen) atoms. The highest BCUT2D eigenvalue weighted by Gasteiger charge is 2.21. The lowest BCUT2D eigenvalue weighted by Gasteiger charge is -2.31. The molecular formula is C15H24N2S2. The second-order valence-corrected chi connectivity index (χ2v) is 5.97. The molecule has 0 saturated heterocycles. The Balaban J connectivity index is 2.99. The maximum absolute atomic E-state index is 5.99. The van der Waals surface area contributed by atoms with Crippen molar-refractivity contribution >= 4 is 29.0 Å². The lowest BCUT2D eigenvalue weighted by molar-refractivity contribution is 0.245. The Bertz CT molecular complexity index is 384. The summed E-state index contributed by atoms with van der Waals surface area (Å²) in [4.78, 5) is 4.22. The van der Waals surface area contributed by atoms with E-state index < -0.39 is 0 Å². The molecule has 0 radical (unpaired) electrons. The molecule has 1 aromatic rings. The van der Waals surface area contributed by atoms with E-state index in [2.05, 4.69) is 49.3 Å². The van der Waals surface area contributed by atoms with E-state index in [0.717, 1.165) is 25.9 Å². The minimum absolute atomic E-state index is 0.0609. The number of thioether (sulfide) groups is 1. The minimum atomic E-state index is 0.0609. The van der Waals surface area contributed by atoms with Crippen LogP contribution in [0.3, 0.4) is 0 Å². The number of hydrogen-bond donors (Lipinski definition) is 1. The maximum atomic E-state index is 5.99. The van der Waals surface area contributed by atoms with Gasteiger partial charge in [0, 0.05) is 4.90 Å². The zero-order chi connectivity index (χ0) is 14.3. The van der Waals surface area contributed by atoms with Crippen molar-refractivity contribution in [3.8, 4) is 0 Å². The van der Waals surface area contributed by atoms with Gasteiger partial charge in [-0.25, -0.2) is 0 Å². The Morgan fingerprint density at radius 1 is 1.21 bits per heavy atom. The summed E-state index contributed by atoms with van der Waals surface area (Å²) in [5, 5.41) is 0. The van der Waals surface area contributed by atoms with E-state index in [1.807, 2.05) is 0 Å². The summed E-state index contributed by atoms with van der Waals surface area (Å²) < 4.78 is 0. The lowest BCUT2D eigenvalue weighted by atomic mass is 10.0. The molecule has 4 heteroatoms. The summed E-state index contributed by atoms with van der Waals surface area (Å²) in [5.74, 6) is 0. The average Bonchev–Trinajstić information content (AvgIpc) is 2.40. The fourth-order valence-corrected chi connectivity index (χ4v) is 2.98. The average molecular weight is 297 g/mol. The zero-order valence-corrected chi connectivity index (χ0v) is 13.7. The van der Waals surface area contributed by atoms with Gasteiger partial charge in [-0.05, 0) is 49.9 Å². The first kappa shape index (κ1) is 16.5. The Labute approximate surface area is 126 Å². The van der Waals surface area contributed by atoms with Gasteiger partial charge in [0.2, 0.25) is 0 Å². The van der Waals surface area contributed by atoms with Crippen LogP contribution in [0.5, 0.6) is 0 Å². The van der Waals surface area contributed by atoms with Crippen LogP contribution < -0.4 is 5.73 Å². The Kier molecular flexibility index (Phi) is 7.42. The molecule has 1 unspecified atom stereocenters. The van der Waals surface area contributed by atoms with Gasteiger partial charge in [0.25, 0.3) is 0 Å². The van der Waals surface area contributed by atoms with Crippen LogP contribution in [0.25, 0.3) is 0 Å². The summed E-state index contributed by atoms with van der Waals surface area (Å²) >= 11 is 7.04. The van der Waals surface area contributed by atoms with E-state index in [4.69, 9.17) is 18.0 Å². The second kappa shape index (κ2) is 8.56. The van der Waals surface area contributed by atoms with E-state index in [9.17, 15) is 0 Å². The van der Waals surface area contributed by atoms with Crippen LogP contribution >= 0.6 is 24.0 Å². The largest absolute Gasteiger partial charge is 0.392 e. The second-order valence-electron chi connectivity index (χ2n) is 4.61. The van der Waals surface area contributed by atoms with Gasteiger partial charge in [-0.2, -0.15) is 0 Å². The monoisotopic (exact) mass is 296 g/mol. The summed E-state index contributed by atoms with van der Waals surface area (Å²) in [6.07, 6.45) is 4.31. The fraction of sp³-hybridized carbons (Fsp3) is 0.533. The molecule has 1 rings (SSSR count). The Morgan fingerprint density at radius 2 is 1.74 bits per heavy atom. The molecule has 1 aromatic carbocycles. The topological polar surface area (TPSA) is 29.3 Å². The van der Waals surface area contributed by atoms with Crippen molar-refractivity contribution in [3.05, 3.63) is 29.8 Å². The van der Waals surface area contributed by atoms with Crippen molar-refractivity contribution < 1.29 is 0 Å². The Hall–Kier alpha value is -0.580. The number of nitrogens with two attached hydrogens (primary N) is 1. The zero-order valence-electron chi connectivity index (χ0n) is 12.1. The highest BCUT2D eigenvalue weighted by molar-refractivity contribution is 7.98. The molecule has 0 saturated carbocycles. The van der Waals surface area contributed by atoms with E-state index in [1.54, 1.807) is 11.8 Å². The highest BCUT2D eigenvalue weighted by Crippen LogP contribution is 2.24. The van der Waals surface area contributed by atoms with E-state index in [1.165, 1.54) is 10.5 Å². The number of nitrogens with zero attached hydrogens (tertiary/aromatic N) is 1. The summed E-state index contributed by atoms with van der Waals surface area (Å²) in [5.41, 5.74) is 7.19. The predicted octanol–water partition coefficient (Wildman–Crippen LogP) is 3.86. The molecule has 2 N–H and O–H groups in total. The van der Waals surface area contributed by atoms with Gasteiger partial charge in [0.15, 0.2) is 0 Å². The number of rotatable bonds is 8. The van der Waals surface area contributed by atoms with Crippen LogP contribution in [0.1, 0.15) is 38.3 Å². The van der Waals surface area contributed by atoms with Crippen molar-refractivity contribution in [2.45, 2.75) is 37.6 Å². The van der Waals surface area contributed by atoms with Crippen LogP contribution in [0.4, 0.5) is 0 Å². The van der Waals surface area contributed by atoms with E-state index in [0.29, 0.717) is 4.99 Å². The third-order valence-corrected chi connectivity index (χ3v) is 4.05. The highest BCUT2D eigenvalue weighted by atomic mass is 32.2. The lowest BCUT2D eigenvalue weighted by Crippen LogP contribution is -2.37. The molecule has 0 aromatic heterocycles. The van der Waals surface area contributed by atoms with Crippen LogP contribution in [0.2, 0.25) is 0 Å². The van der Waals surface area contributed by atoms with Crippen molar-refractivity contribution in [2.75, 3.05) is 19.3 Å². The molecule has 0 amide bonds. The normalized spacial score (nSPS) is 12.6. The third kappa shape index (κ3) is 4.79. The van der Waals surface area contributed by atoms with E-state index >= 15 is 0 Å². The first-order chi connectivity index (χ1) is 9.13. The number of benzene rings is 1. The van der Waals surface area contributed by atoms with Gasteiger partial charge in [-0.15, -0.1) is 11.8 Å². The van der Waals surface area contributed by atoms with Crippen molar-refractivity contribution in [3.63, 3.8) is 0 Å². The van der Waals surface area contributed by atoms with Crippen molar-refractivity contribution in [2.24, 2.45) is 5.73 Å². The van der Waals surface area contributed by atoms with Crippen molar-refractivity contribution in [1.29, 1.82) is 0 Å². The first-order valence-corrected chi connectivity index (χ1v) is 8.44. The maximum Gasteiger partial charge on any atom is 0.0948 e. The number of hydrogen-bond acceptors (Lipinski definition) is 3. The SMILES string of the molecule is CCCN(CCC)C(C(N)=S)c1ccc(SC)cc1. The first-order valence-electron chi connectivity index (χ1n) is 6.81. The minimum Gasteiger partial charge on any atom is -0.392 e. The molecule has 2 nitrogen and oxygen atoms in total. The summed E-state index contributed by atoms with van der Waals surface area (Å²) in [6.45, 7) is 6.44. The van der Waals surface area contributed by atoms with Gasteiger partial charge in [-0.1, -0.05) is 38.2 Å². The standard InChI is InChI=1S/C15H24N2S2/c1-4-10-17(11-5-2)14(15(16)18)12-6-8-13(19-3)9-7-12/h6-9,14H,4-5,10-11H2,1-3H3,(H2,16,18). The Morgan fingerprint density at radius 3 is 2.11 bits per heavy atom. The number of thiocarbonyl (C=S) groups is 1. The molecule has 106 valence electrons. The molecule has 0 aliphatic heterocycles. The molecular weight excluding hydrogens is 272 g/mol. The van der Waals surface area contributed by atoms with Gasteiger partial charge in [0.1, 0.15) is 0 Å². The summed E-state index contributed by atoms with van der Waals surface area (Å²) in [7, 11) is 0. The summed E-state index contributed by atoms with van der Waals surface area (Å²) in [6, 6.07) is 8.63. The molecule has 0 aliphatic carbocycles. The van der Waals surface area contributed by atoms with Gasteiger partial charge in [-0.3, -0.25) is 4.90 Å². The molecule has 0 spiro atoms. The van der Waals surface area contributed by atoms with Gasteiger partial charge >= 0.3 is 0 Å². The molecule has 1 atom stereocenters.